The average Bonchev–Trinajstić information content (AvgIpc) is 3.13. The Bertz CT molecular complexity index is 861. The van der Waals surface area contributed by atoms with Crippen LogP contribution in [-0.4, -0.2) is 59.5 Å². The predicted molar refractivity (Wildman–Crippen MR) is 107 cm³/mol. The maximum absolute atomic E-state index is 12.7. The van der Waals surface area contributed by atoms with Gasteiger partial charge in [0, 0.05) is 49.2 Å². The molecule has 2 aliphatic rings. The molecule has 4 rings (SSSR count). The summed E-state index contributed by atoms with van der Waals surface area (Å²) in [6.45, 7) is 4.72. The van der Waals surface area contributed by atoms with Crippen LogP contribution in [0.1, 0.15) is 28.7 Å². The molecule has 1 fully saturated rings. The monoisotopic (exact) mass is 400 g/mol. The maximum atomic E-state index is 12.7. The fourth-order valence-corrected chi connectivity index (χ4v) is 4.38. The lowest BCUT2D eigenvalue weighted by Crippen LogP contribution is -2.54. The van der Waals surface area contributed by atoms with E-state index in [-0.39, 0.29) is 18.0 Å². The van der Waals surface area contributed by atoms with Crippen LogP contribution in [0.4, 0.5) is 4.79 Å². The van der Waals surface area contributed by atoms with Crippen molar-refractivity contribution in [1.82, 2.24) is 20.1 Å². The molecule has 1 aromatic carbocycles. The zero-order valence-electron chi connectivity index (χ0n) is 15.9. The van der Waals surface area contributed by atoms with Crippen LogP contribution in [0.2, 0.25) is 0 Å². The number of nitrogens with zero attached hydrogens (tertiary/aromatic N) is 3. The normalized spacial score (nSPS) is 19.0. The number of thiazole rings is 1. The first kappa shape index (κ1) is 18.7. The summed E-state index contributed by atoms with van der Waals surface area (Å²) in [6, 6.07) is 7.71. The number of ether oxygens (including phenoxy) is 1. The highest BCUT2D eigenvalue weighted by Gasteiger charge is 2.28. The van der Waals surface area contributed by atoms with Crippen molar-refractivity contribution in [3.63, 3.8) is 0 Å². The summed E-state index contributed by atoms with van der Waals surface area (Å²) in [5, 5.41) is 5.93. The number of aryl methyl sites for hydroxylation is 1. The van der Waals surface area contributed by atoms with Crippen LogP contribution in [0.15, 0.2) is 29.6 Å². The number of piperazine rings is 1. The molecule has 2 aliphatic heterocycles. The Morgan fingerprint density at radius 2 is 1.96 bits per heavy atom. The lowest BCUT2D eigenvalue weighted by Gasteiger charge is -2.36. The Labute approximate surface area is 168 Å². The third-order valence-electron chi connectivity index (χ3n) is 5.14. The van der Waals surface area contributed by atoms with E-state index >= 15 is 0 Å². The highest BCUT2D eigenvalue weighted by molar-refractivity contribution is 7.09. The van der Waals surface area contributed by atoms with Gasteiger partial charge in [-0.05, 0) is 13.0 Å². The lowest BCUT2D eigenvalue weighted by molar-refractivity contribution is -0.131. The molecule has 0 saturated carbocycles. The zero-order valence-corrected chi connectivity index (χ0v) is 16.7. The minimum absolute atomic E-state index is 0.0368. The van der Waals surface area contributed by atoms with Crippen molar-refractivity contribution >= 4 is 23.3 Å². The summed E-state index contributed by atoms with van der Waals surface area (Å²) in [6.07, 6.45) is 1.10. The minimum atomic E-state index is -0.0793. The lowest BCUT2D eigenvalue weighted by atomic mass is 10.0. The molecule has 7 nitrogen and oxygen atoms in total. The number of fused-ring (bicyclic) bond motifs is 1. The molecular weight excluding hydrogens is 376 g/mol. The highest BCUT2D eigenvalue weighted by Crippen LogP contribution is 2.31. The molecule has 1 atom stereocenters. The Hall–Kier alpha value is -2.61. The van der Waals surface area contributed by atoms with Crippen LogP contribution in [0.5, 0.6) is 5.75 Å². The van der Waals surface area contributed by atoms with Gasteiger partial charge in [-0.15, -0.1) is 11.3 Å². The van der Waals surface area contributed by atoms with Gasteiger partial charge in [0.2, 0.25) is 5.91 Å². The standard InChI is InChI=1S/C20H24N4O3S/c1-14-13-28-18(21-14)12-19(25)23-7-9-24(10-8-23)20(26)22-16-6-11-27-17-5-3-2-4-15(16)17/h2-5,13,16H,6-12H2,1H3,(H,22,26)/t16-/m0/s1. The van der Waals surface area contributed by atoms with Gasteiger partial charge in [0.05, 0.1) is 19.1 Å². The van der Waals surface area contributed by atoms with Crippen molar-refractivity contribution < 1.29 is 14.3 Å². The van der Waals surface area contributed by atoms with Crippen LogP contribution in [-0.2, 0) is 11.2 Å². The topological polar surface area (TPSA) is 74.8 Å². The van der Waals surface area contributed by atoms with Crippen molar-refractivity contribution in [1.29, 1.82) is 0 Å². The van der Waals surface area contributed by atoms with Crippen molar-refractivity contribution in [2.24, 2.45) is 0 Å². The predicted octanol–water partition coefficient (Wildman–Crippen LogP) is 2.37. The molecule has 1 saturated heterocycles. The Kier molecular flexibility index (Phi) is 5.47. The molecule has 3 heterocycles. The number of hydrogen-bond acceptors (Lipinski definition) is 5. The minimum Gasteiger partial charge on any atom is -0.493 e. The van der Waals surface area contributed by atoms with Gasteiger partial charge in [-0.1, -0.05) is 18.2 Å². The molecule has 1 N–H and O–H groups in total. The SMILES string of the molecule is Cc1csc(CC(=O)N2CCN(C(=O)N[C@H]3CCOc4ccccc43)CC2)n1. The Morgan fingerprint density at radius 3 is 2.71 bits per heavy atom. The number of rotatable bonds is 3. The van der Waals surface area contributed by atoms with E-state index in [0.717, 1.165) is 28.4 Å². The van der Waals surface area contributed by atoms with E-state index < -0.39 is 0 Å². The van der Waals surface area contributed by atoms with E-state index in [1.165, 1.54) is 11.3 Å². The zero-order chi connectivity index (χ0) is 19.5. The van der Waals surface area contributed by atoms with Crippen molar-refractivity contribution in [3.05, 3.63) is 45.9 Å². The van der Waals surface area contributed by atoms with E-state index in [4.69, 9.17) is 4.74 Å². The molecule has 3 amide bonds. The molecule has 0 bridgehead atoms. The van der Waals surface area contributed by atoms with Gasteiger partial charge in [-0.25, -0.2) is 9.78 Å². The number of carbonyl (C=O) groups is 2. The molecule has 0 spiro atoms. The van der Waals surface area contributed by atoms with Gasteiger partial charge in [-0.2, -0.15) is 0 Å². The average molecular weight is 401 g/mol. The van der Waals surface area contributed by atoms with Gasteiger partial charge >= 0.3 is 6.03 Å². The molecule has 148 valence electrons. The van der Waals surface area contributed by atoms with Crippen molar-refractivity contribution in [2.45, 2.75) is 25.8 Å². The number of hydrogen-bond donors (Lipinski definition) is 1. The summed E-state index contributed by atoms with van der Waals surface area (Å²) in [5.41, 5.74) is 1.97. The van der Waals surface area contributed by atoms with Gasteiger partial charge in [0.25, 0.3) is 0 Å². The van der Waals surface area contributed by atoms with Crippen LogP contribution in [0.25, 0.3) is 0 Å². The molecule has 0 aliphatic carbocycles. The fraction of sp³-hybridized carbons (Fsp3) is 0.450. The molecule has 0 radical (unpaired) electrons. The quantitative estimate of drug-likeness (QED) is 0.858. The molecule has 8 heteroatoms. The van der Waals surface area contributed by atoms with Crippen LogP contribution in [0, 0.1) is 6.92 Å². The molecule has 28 heavy (non-hydrogen) atoms. The molecule has 2 aromatic rings. The number of para-hydroxylation sites is 1. The van der Waals surface area contributed by atoms with Gasteiger partial charge in [-0.3, -0.25) is 4.79 Å². The Balaban J connectivity index is 1.29. The largest absolute Gasteiger partial charge is 0.493 e. The third kappa shape index (κ3) is 4.11. The first-order valence-corrected chi connectivity index (χ1v) is 10.4. The van der Waals surface area contributed by atoms with Gasteiger partial charge < -0.3 is 19.9 Å². The van der Waals surface area contributed by atoms with Crippen LogP contribution >= 0.6 is 11.3 Å². The number of carbonyl (C=O) groups excluding carboxylic acids is 2. The molecule has 1 aromatic heterocycles. The molecule has 0 unspecified atom stereocenters. The second-order valence-electron chi connectivity index (χ2n) is 7.10. The van der Waals surface area contributed by atoms with Gasteiger partial charge in [0.15, 0.2) is 0 Å². The number of aromatic nitrogens is 1. The van der Waals surface area contributed by atoms with E-state index in [2.05, 4.69) is 10.3 Å². The Morgan fingerprint density at radius 1 is 1.21 bits per heavy atom. The second kappa shape index (κ2) is 8.18. The highest BCUT2D eigenvalue weighted by atomic mass is 32.1. The smallest absolute Gasteiger partial charge is 0.318 e. The van der Waals surface area contributed by atoms with E-state index in [1.54, 1.807) is 4.90 Å². The number of urea groups is 1. The molecular formula is C20H24N4O3S. The van der Waals surface area contributed by atoms with Crippen LogP contribution in [0.3, 0.4) is 0 Å². The summed E-state index contributed by atoms with van der Waals surface area (Å²) in [4.78, 5) is 33.1. The van der Waals surface area contributed by atoms with Crippen molar-refractivity contribution in [3.8, 4) is 5.75 Å². The number of nitrogens with one attached hydrogen (secondary N) is 1. The number of benzene rings is 1. The summed E-state index contributed by atoms with van der Waals surface area (Å²) < 4.78 is 5.66. The fourth-order valence-electron chi connectivity index (χ4n) is 3.62. The summed E-state index contributed by atoms with van der Waals surface area (Å²) in [7, 11) is 0. The second-order valence-corrected chi connectivity index (χ2v) is 8.05. The third-order valence-corrected chi connectivity index (χ3v) is 6.11. The van der Waals surface area contributed by atoms with E-state index in [0.29, 0.717) is 39.2 Å². The summed E-state index contributed by atoms with van der Waals surface area (Å²) in [5.74, 6) is 0.916. The first-order valence-electron chi connectivity index (χ1n) is 9.56. The first-order chi connectivity index (χ1) is 13.6. The van der Waals surface area contributed by atoms with E-state index in [9.17, 15) is 9.59 Å². The van der Waals surface area contributed by atoms with Gasteiger partial charge in [0.1, 0.15) is 10.8 Å². The van der Waals surface area contributed by atoms with Crippen LogP contribution < -0.4 is 10.1 Å². The van der Waals surface area contributed by atoms with Crippen molar-refractivity contribution in [2.75, 3.05) is 32.8 Å². The summed E-state index contributed by atoms with van der Waals surface area (Å²) >= 11 is 1.52. The number of amides is 3. The maximum Gasteiger partial charge on any atom is 0.318 e. The van der Waals surface area contributed by atoms with E-state index in [1.807, 2.05) is 41.5 Å².